The van der Waals surface area contributed by atoms with E-state index in [2.05, 4.69) is 55.0 Å². The van der Waals surface area contributed by atoms with Crippen LogP contribution in [-0.2, 0) is 9.59 Å². The predicted octanol–water partition coefficient (Wildman–Crippen LogP) is 7.41. The largest absolute Gasteiger partial charge is 0.299 e. The van der Waals surface area contributed by atoms with Crippen LogP contribution in [-0.4, -0.2) is 11.6 Å². The Morgan fingerprint density at radius 1 is 0.812 bits per heavy atom. The number of allylic oxidation sites excluding steroid dienone is 1. The van der Waals surface area contributed by atoms with Crippen molar-refractivity contribution >= 4 is 11.6 Å². The Balaban J connectivity index is 1.59. The van der Waals surface area contributed by atoms with E-state index >= 15 is 0 Å². The Bertz CT molecular complexity index is 883. The molecule has 5 saturated carbocycles. The lowest BCUT2D eigenvalue weighted by atomic mass is 9.32. The molecule has 0 aromatic heterocycles. The summed E-state index contributed by atoms with van der Waals surface area (Å²) in [4.78, 5) is 26.8. The fraction of sp³-hybridized carbons (Fsp3) is 0.867. The van der Waals surface area contributed by atoms with Crippen molar-refractivity contribution in [3.05, 3.63) is 12.2 Å². The van der Waals surface area contributed by atoms with Gasteiger partial charge in [-0.25, -0.2) is 0 Å². The van der Waals surface area contributed by atoms with Crippen LogP contribution in [0.1, 0.15) is 106 Å². The lowest BCUT2D eigenvalue weighted by Gasteiger charge is -2.72. The molecule has 0 aromatic carbocycles. The van der Waals surface area contributed by atoms with Crippen molar-refractivity contribution in [2.45, 2.75) is 106 Å². The third-order valence-electron chi connectivity index (χ3n) is 13.1. The van der Waals surface area contributed by atoms with Gasteiger partial charge in [0.1, 0.15) is 11.6 Å². The maximum atomic E-state index is 13.9. The fourth-order valence-electron chi connectivity index (χ4n) is 11.1. The second kappa shape index (κ2) is 6.60. The molecule has 0 spiro atoms. The summed E-state index contributed by atoms with van der Waals surface area (Å²) in [6.07, 6.45) is 9.60. The van der Waals surface area contributed by atoms with Gasteiger partial charge in [-0.3, -0.25) is 9.59 Å². The van der Waals surface area contributed by atoms with Crippen LogP contribution in [0.4, 0.5) is 0 Å². The first kappa shape index (κ1) is 22.9. The first-order valence-electron chi connectivity index (χ1n) is 13.5. The molecule has 0 heterocycles. The van der Waals surface area contributed by atoms with Gasteiger partial charge in [0.25, 0.3) is 0 Å². The third-order valence-corrected chi connectivity index (χ3v) is 13.1. The van der Waals surface area contributed by atoms with E-state index in [4.69, 9.17) is 0 Å². The zero-order valence-electron chi connectivity index (χ0n) is 21.8. The van der Waals surface area contributed by atoms with Gasteiger partial charge in [0.2, 0.25) is 0 Å². The van der Waals surface area contributed by atoms with Gasteiger partial charge >= 0.3 is 0 Å². The minimum Gasteiger partial charge on any atom is -0.299 e. The summed E-state index contributed by atoms with van der Waals surface area (Å²) in [5.41, 5.74) is 1.41. The summed E-state index contributed by atoms with van der Waals surface area (Å²) in [7, 11) is 0. The molecule has 2 heteroatoms. The lowest BCUT2D eigenvalue weighted by Crippen LogP contribution is -2.67. The summed E-state index contributed by atoms with van der Waals surface area (Å²) in [5.74, 6) is 3.71. The van der Waals surface area contributed by atoms with E-state index in [1.54, 1.807) is 0 Å². The van der Waals surface area contributed by atoms with Crippen LogP contribution in [0.25, 0.3) is 0 Å². The maximum Gasteiger partial charge on any atom is 0.139 e. The monoisotopic (exact) mass is 438 g/mol. The van der Waals surface area contributed by atoms with Crippen LogP contribution in [0.15, 0.2) is 12.2 Å². The van der Waals surface area contributed by atoms with E-state index in [1.165, 1.54) is 24.8 Å². The molecule has 0 radical (unpaired) electrons. The van der Waals surface area contributed by atoms with Crippen molar-refractivity contribution in [3.63, 3.8) is 0 Å². The normalized spacial score (nSPS) is 54.3. The van der Waals surface area contributed by atoms with E-state index in [0.29, 0.717) is 41.2 Å². The van der Waals surface area contributed by atoms with Crippen molar-refractivity contribution in [1.29, 1.82) is 0 Å². The molecule has 9 atom stereocenters. The molecule has 5 rings (SSSR count). The number of rotatable bonds is 1. The average Bonchev–Trinajstić information content (AvgIpc) is 3.05. The van der Waals surface area contributed by atoms with Crippen LogP contribution in [0.5, 0.6) is 0 Å². The van der Waals surface area contributed by atoms with Crippen LogP contribution in [0.2, 0.25) is 0 Å². The summed E-state index contributed by atoms with van der Waals surface area (Å²) >= 11 is 0. The Morgan fingerprint density at radius 2 is 1.50 bits per heavy atom. The summed E-state index contributed by atoms with van der Waals surface area (Å²) in [6, 6.07) is 0. The second-order valence-corrected chi connectivity index (χ2v) is 14.3. The highest BCUT2D eigenvalue weighted by Gasteiger charge is 2.71. The molecular weight excluding hydrogens is 392 g/mol. The van der Waals surface area contributed by atoms with Gasteiger partial charge in [-0.1, -0.05) is 53.7 Å². The van der Waals surface area contributed by atoms with E-state index in [1.807, 2.05) is 0 Å². The average molecular weight is 439 g/mol. The van der Waals surface area contributed by atoms with Gasteiger partial charge in [0, 0.05) is 23.7 Å². The molecule has 32 heavy (non-hydrogen) atoms. The number of Topliss-reactive ketones (excluding diaryl/α,β-unsaturated/α-hetero) is 2. The number of fused-ring (bicyclic) bond motifs is 7. The number of hydrogen-bond donors (Lipinski definition) is 0. The molecule has 5 aliphatic rings. The summed E-state index contributed by atoms with van der Waals surface area (Å²) < 4.78 is 0. The minimum absolute atomic E-state index is 0.0643. The molecule has 2 nitrogen and oxygen atoms in total. The SMILES string of the molecule is C=C(C)[C@@H]1CC[C@]2(C)C(=O)C[C@]3(C)[C@H](CC[C@@H]4[C@@]5(C)CCC(=O)C(C)(C)[C@@H]5CC[C@]43C)[C@@H]12. The Morgan fingerprint density at radius 3 is 2.16 bits per heavy atom. The highest BCUT2D eigenvalue weighted by Crippen LogP contribution is 2.76. The Labute approximate surface area is 196 Å². The van der Waals surface area contributed by atoms with Crippen LogP contribution in [0.3, 0.4) is 0 Å². The standard InChI is InChI=1S/C30H46O2/c1-18(2)19-11-14-28(6)24(32)17-30(8)20(25(19)28)9-10-22-27(5)15-13-23(31)26(3,4)21(27)12-16-29(22,30)7/h19-22,25H,1,9-17H2,2-8H3/t19-,20+,21-,22+,25+,27-,28+,29+,30+/m0/s1. The Kier molecular flexibility index (Phi) is 4.71. The molecule has 0 saturated heterocycles. The molecule has 0 bridgehead atoms. The van der Waals surface area contributed by atoms with Gasteiger partial charge < -0.3 is 0 Å². The highest BCUT2D eigenvalue weighted by atomic mass is 16.1. The zero-order valence-corrected chi connectivity index (χ0v) is 21.8. The first-order chi connectivity index (χ1) is 14.7. The van der Waals surface area contributed by atoms with Gasteiger partial charge in [0.15, 0.2) is 0 Å². The number of hydrogen-bond acceptors (Lipinski definition) is 2. The van der Waals surface area contributed by atoms with Gasteiger partial charge in [-0.2, -0.15) is 0 Å². The molecule has 5 aliphatic carbocycles. The van der Waals surface area contributed by atoms with Crippen molar-refractivity contribution in [3.8, 4) is 0 Å². The van der Waals surface area contributed by atoms with E-state index in [-0.39, 0.29) is 27.1 Å². The third kappa shape index (κ3) is 2.48. The number of carbonyl (C=O) groups excluding carboxylic acids is 2. The molecule has 0 N–H and O–H groups in total. The summed E-state index contributed by atoms with van der Waals surface area (Å²) in [6.45, 7) is 20.9. The van der Waals surface area contributed by atoms with Gasteiger partial charge in [-0.15, -0.1) is 0 Å². The van der Waals surface area contributed by atoms with Crippen molar-refractivity contribution < 1.29 is 9.59 Å². The molecule has 0 aliphatic heterocycles. The van der Waals surface area contributed by atoms with E-state index in [0.717, 1.165) is 38.5 Å². The maximum absolute atomic E-state index is 13.9. The molecule has 5 fully saturated rings. The molecule has 0 aromatic rings. The van der Waals surface area contributed by atoms with Crippen LogP contribution in [0, 0.1) is 56.7 Å². The van der Waals surface area contributed by atoms with Crippen molar-refractivity contribution in [2.24, 2.45) is 56.7 Å². The quantitative estimate of drug-likeness (QED) is 0.399. The van der Waals surface area contributed by atoms with Gasteiger partial charge in [0.05, 0.1) is 0 Å². The topological polar surface area (TPSA) is 34.1 Å². The fourth-order valence-corrected chi connectivity index (χ4v) is 11.1. The number of carbonyl (C=O) groups is 2. The Hall–Kier alpha value is -0.920. The van der Waals surface area contributed by atoms with Gasteiger partial charge in [-0.05, 0) is 97.7 Å². The molecule has 178 valence electrons. The predicted molar refractivity (Wildman–Crippen MR) is 130 cm³/mol. The number of ketones is 2. The molecule has 0 unspecified atom stereocenters. The highest BCUT2D eigenvalue weighted by molar-refractivity contribution is 5.87. The summed E-state index contributed by atoms with van der Waals surface area (Å²) in [5, 5.41) is 0. The smallest absolute Gasteiger partial charge is 0.139 e. The van der Waals surface area contributed by atoms with E-state index in [9.17, 15) is 9.59 Å². The van der Waals surface area contributed by atoms with Crippen LogP contribution >= 0.6 is 0 Å². The van der Waals surface area contributed by atoms with Crippen LogP contribution < -0.4 is 0 Å². The van der Waals surface area contributed by atoms with Crippen molar-refractivity contribution in [1.82, 2.24) is 0 Å². The molecular formula is C30H46O2. The first-order valence-corrected chi connectivity index (χ1v) is 13.5. The second-order valence-electron chi connectivity index (χ2n) is 14.3. The zero-order chi connectivity index (χ0) is 23.5. The van der Waals surface area contributed by atoms with Crippen molar-refractivity contribution in [2.75, 3.05) is 0 Å². The minimum atomic E-state index is -0.205. The molecule has 0 amide bonds. The van der Waals surface area contributed by atoms with E-state index < -0.39 is 0 Å². The lowest BCUT2D eigenvalue weighted by molar-refractivity contribution is -0.228.